The number of rotatable bonds is 9. The molecule has 0 fully saturated rings. The third-order valence-corrected chi connectivity index (χ3v) is 6.62. The first-order chi connectivity index (χ1) is 13.4. The lowest BCUT2D eigenvalue weighted by atomic mass is 10.2. The maximum atomic E-state index is 12.5. The number of hydrogen-bond acceptors (Lipinski definition) is 5. The number of sulfonamides is 1. The van der Waals surface area contributed by atoms with Gasteiger partial charge in [-0.05, 0) is 50.2 Å². The van der Waals surface area contributed by atoms with Crippen molar-refractivity contribution in [3.05, 3.63) is 48.2 Å². The molecule has 2 aromatic rings. The van der Waals surface area contributed by atoms with Crippen molar-refractivity contribution in [2.24, 2.45) is 0 Å². The fourth-order valence-electron chi connectivity index (χ4n) is 2.89. The molecule has 0 saturated heterocycles. The molecule has 0 aliphatic rings. The number of amides is 1. The number of nitrogens with zero attached hydrogens (tertiary/aromatic N) is 3. The SMILES string of the molecule is CCN(CC)c1ccc(NC(=O)c2ccc(S(=O)(=O)N(CC)CC)cc2)cn1. The number of benzene rings is 1. The van der Waals surface area contributed by atoms with Gasteiger partial charge in [-0.25, -0.2) is 13.4 Å². The first-order valence-electron chi connectivity index (χ1n) is 9.49. The molecule has 0 spiro atoms. The highest BCUT2D eigenvalue weighted by Crippen LogP contribution is 2.18. The first-order valence-corrected chi connectivity index (χ1v) is 10.9. The molecule has 2 rings (SSSR count). The number of aromatic nitrogens is 1. The Kier molecular flexibility index (Phi) is 7.53. The van der Waals surface area contributed by atoms with Crippen LogP contribution in [0.4, 0.5) is 11.5 Å². The maximum absolute atomic E-state index is 12.5. The monoisotopic (exact) mass is 404 g/mol. The Morgan fingerprint density at radius 2 is 1.54 bits per heavy atom. The summed E-state index contributed by atoms with van der Waals surface area (Å²) in [5.41, 5.74) is 0.965. The van der Waals surface area contributed by atoms with Gasteiger partial charge in [-0.1, -0.05) is 13.8 Å². The molecule has 0 unspecified atom stereocenters. The summed E-state index contributed by atoms with van der Waals surface area (Å²) in [6.45, 7) is 10.2. The van der Waals surface area contributed by atoms with Crippen LogP contribution in [-0.4, -0.2) is 49.8 Å². The van der Waals surface area contributed by atoms with E-state index in [2.05, 4.69) is 29.0 Å². The second kappa shape index (κ2) is 9.66. The van der Waals surface area contributed by atoms with Gasteiger partial charge in [0.2, 0.25) is 10.0 Å². The quantitative estimate of drug-likeness (QED) is 0.694. The summed E-state index contributed by atoms with van der Waals surface area (Å²) in [6, 6.07) is 9.63. The standard InChI is InChI=1S/C20H28N4O3S/c1-5-23(6-2)19-14-11-17(15-21-19)22-20(25)16-9-12-18(13-10-16)28(26,27)24(7-3)8-4/h9-15H,5-8H2,1-4H3,(H,22,25). The lowest BCUT2D eigenvalue weighted by Gasteiger charge is -2.19. The molecule has 1 aromatic heterocycles. The van der Waals surface area contributed by atoms with Crippen molar-refractivity contribution in [2.75, 3.05) is 36.4 Å². The lowest BCUT2D eigenvalue weighted by molar-refractivity contribution is 0.102. The lowest BCUT2D eigenvalue weighted by Crippen LogP contribution is -2.30. The third-order valence-electron chi connectivity index (χ3n) is 4.55. The molecule has 0 aliphatic carbocycles. The number of pyridine rings is 1. The van der Waals surface area contributed by atoms with E-state index in [1.54, 1.807) is 26.1 Å². The predicted molar refractivity (Wildman–Crippen MR) is 112 cm³/mol. The molecular weight excluding hydrogens is 376 g/mol. The average molecular weight is 405 g/mol. The van der Waals surface area contributed by atoms with Crippen LogP contribution in [0.3, 0.4) is 0 Å². The summed E-state index contributed by atoms with van der Waals surface area (Å²) in [5, 5.41) is 2.78. The van der Waals surface area contributed by atoms with Gasteiger partial charge >= 0.3 is 0 Å². The highest BCUT2D eigenvalue weighted by Gasteiger charge is 2.21. The van der Waals surface area contributed by atoms with Gasteiger partial charge in [0.05, 0.1) is 16.8 Å². The van der Waals surface area contributed by atoms with E-state index in [-0.39, 0.29) is 10.8 Å². The Balaban J connectivity index is 2.11. The van der Waals surface area contributed by atoms with Crippen LogP contribution < -0.4 is 10.2 Å². The second-order valence-corrected chi connectivity index (χ2v) is 8.08. The smallest absolute Gasteiger partial charge is 0.255 e. The minimum absolute atomic E-state index is 0.179. The van der Waals surface area contributed by atoms with Crippen LogP contribution >= 0.6 is 0 Å². The van der Waals surface area contributed by atoms with Crippen LogP contribution in [-0.2, 0) is 10.0 Å². The van der Waals surface area contributed by atoms with Gasteiger partial charge in [-0.3, -0.25) is 4.79 Å². The molecule has 0 radical (unpaired) electrons. The van der Waals surface area contributed by atoms with Crippen molar-refractivity contribution in [3.8, 4) is 0 Å². The molecule has 0 bridgehead atoms. The Hall–Kier alpha value is -2.45. The third kappa shape index (κ3) is 4.88. The van der Waals surface area contributed by atoms with Crippen molar-refractivity contribution in [2.45, 2.75) is 32.6 Å². The van der Waals surface area contributed by atoms with Crippen LogP contribution in [0.5, 0.6) is 0 Å². The average Bonchev–Trinajstić information content (AvgIpc) is 2.71. The van der Waals surface area contributed by atoms with Crippen molar-refractivity contribution in [3.63, 3.8) is 0 Å². The molecule has 1 amide bonds. The van der Waals surface area contributed by atoms with E-state index in [9.17, 15) is 13.2 Å². The maximum Gasteiger partial charge on any atom is 0.255 e. The molecular formula is C20H28N4O3S. The van der Waals surface area contributed by atoms with Crippen LogP contribution in [0.1, 0.15) is 38.1 Å². The molecule has 0 atom stereocenters. The predicted octanol–water partition coefficient (Wildman–Crippen LogP) is 3.21. The van der Waals surface area contributed by atoms with Gasteiger partial charge in [0.25, 0.3) is 5.91 Å². The minimum atomic E-state index is -3.53. The molecule has 28 heavy (non-hydrogen) atoms. The Morgan fingerprint density at radius 3 is 2.00 bits per heavy atom. The fourth-order valence-corrected chi connectivity index (χ4v) is 4.35. The van der Waals surface area contributed by atoms with E-state index in [0.29, 0.717) is 24.3 Å². The molecule has 0 aliphatic heterocycles. The normalized spacial score (nSPS) is 11.5. The molecule has 0 saturated carbocycles. The largest absolute Gasteiger partial charge is 0.357 e. The number of hydrogen-bond donors (Lipinski definition) is 1. The van der Waals surface area contributed by atoms with Gasteiger partial charge < -0.3 is 10.2 Å². The summed E-state index contributed by atoms with van der Waals surface area (Å²) < 4.78 is 26.4. The highest BCUT2D eigenvalue weighted by atomic mass is 32.2. The van der Waals surface area contributed by atoms with Crippen LogP contribution in [0, 0.1) is 0 Å². The van der Waals surface area contributed by atoms with E-state index in [0.717, 1.165) is 18.9 Å². The van der Waals surface area contributed by atoms with Crippen molar-refractivity contribution >= 4 is 27.4 Å². The molecule has 1 heterocycles. The van der Waals surface area contributed by atoms with Gasteiger partial charge in [0.1, 0.15) is 5.82 Å². The van der Waals surface area contributed by atoms with Gasteiger partial charge in [0, 0.05) is 31.7 Å². The molecule has 1 N–H and O–H groups in total. The first kappa shape index (κ1) is 21.8. The Bertz CT molecular complexity index is 873. The summed E-state index contributed by atoms with van der Waals surface area (Å²) in [7, 11) is -3.53. The van der Waals surface area contributed by atoms with E-state index < -0.39 is 10.0 Å². The van der Waals surface area contributed by atoms with Crippen molar-refractivity contribution < 1.29 is 13.2 Å². The molecule has 1 aromatic carbocycles. The summed E-state index contributed by atoms with van der Waals surface area (Å²) in [6.07, 6.45) is 1.62. The van der Waals surface area contributed by atoms with Gasteiger partial charge in [-0.15, -0.1) is 0 Å². The topological polar surface area (TPSA) is 82.6 Å². The van der Waals surface area contributed by atoms with Gasteiger partial charge in [-0.2, -0.15) is 4.31 Å². The molecule has 8 heteroatoms. The summed E-state index contributed by atoms with van der Waals surface area (Å²) in [4.78, 5) is 19.1. The molecule has 152 valence electrons. The van der Waals surface area contributed by atoms with Crippen molar-refractivity contribution in [1.29, 1.82) is 0 Å². The van der Waals surface area contributed by atoms with Crippen LogP contribution in [0.2, 0.25) is 0 Å². The van der Waals surface area contributed by atoms with Crippen LogP contribution in [0.25, 0.3) is 0 Å². The summed E-state index contributed by atoms with van der Waals surface area (Å²) >= 11 is 0. The van der Waals surface area contributed by atoms with Crippen molar-refractivity contribution in [1.82, 2.24) is 9.29 Å². The van der Waals surface area contributed by atoms with E-state index in [4.69, 9.17) is 0 Å². The number of carbonyl (C=O) groups excluding carboxylic acids is 1. The second-order valence-electron chi connectivity index (χ2n) is 6.15. The van der Waals surface area contributed by atoms with E-state index in [1.807, 2.05) is 6.07 Å². The zero-order chi connectivity index (χ0) is 20.7. The van der Waals surface area contributed by atoms with Gasteiger partial charge in [0.15, 0.2) is 0 Å². The minimum Gasteiger partial charge on any atom is -0.357 e. The van der Waals surface area contributed by atoms with Crippen LogP contribution in [0.15, 0.2) is 47.5 Å². The zero-order valence-corrected chi connectivity index (χ0v) is 17.7. The summed E-state index contributed by atoms with van der Waals surface area (Å²) in [5.74, 6) is 0.540. The molecule has 7 nitrogen and oxygen atoms in total. The van der Waals surface area contributed by atoms with E-state index in [1.165, 1.54) is 28.6 Å². The number of nitrogens with one attached hydrogen (secondary N) is 1. The zero-order valence-electron chi connectivity index (χ0n) is 16.8. The Labute approximate surface area is 167 Å². The number of carbonyl (C=O) groups is 1. The Morgan fingerprint density at radius 1 is 0.929 bits per heavy atom. The number of anilines is 2. The fraction of sp³-hybridized carbons (Fsp3) is 0.400. The highest BCUT2D eigenvalue weighted by molar-refractivity contribution is 7.89. The van der Waals surface area contributed by atoms with E-state index >= 15 is 0 Å².